The Labute approximate surface area is 196 Å². The lowest BCUT2D eigenvalue weighted by atomic mass is 9.73. The molecule has 0 radical (unpaired) electrons. The fourth-order valence-corrected chi connectivity index (χ4v) is 5.63. The zero-order valence-electron chi connectivity index (χ0n) is 19.2. The first kappa shape index (κ1) is 21.0. The lowest BCUT2D eigenvalue weighted by molar-refractivity contribution is 0.187. The van der Waals surface area contributed by atoms with Crippen LogP contribution in [0.15, 0.2) is 42.9 Å². The van der Waals surface area contributed by atoms with E-state index >= 15 is 0 Å². The van der Waals surface area contributed by atoms with Crippen molar-refractivity contribution in [1.82, 2.24) is 24.6 Å². The van der Waals surface area contributed by atoms with E-state index in [1.54, 1.807) is 16.8 Å². The number of rotatable bonds is 3. The Hall–Kier alpha value is -3.59. The van der Waals surface area contributed by atoms with E-state index in [1.807, 2.05) is 25.3 Å². The SMILES string of the molecule is COc1cc(-c2c(C)nc(N3CCC4(CC3)Cc3ncccc3[C@H]4N)c3ccnn23)c(F)cn1. The molecule has 1 saturated heterocycles. The Morgan fingerprint density at radius 2 is 2.00 bits per heavy atom. The number of methoxy groups -OCH3 is 1. The molecule has 4 aromatic heterocycles. The number of pyridine rings is 2. The first-order valence-corrected chi connectivity index (χ1v) is 11.5. The van der Waals surface area contributed by atoms with E-state index in [-0.39, 0.29) is 11.5 Å². The molecule has 1 atom stereocenters. The standard InChI is InChI=1S/C25H26FN7O/c1-15-22(17-12-21(34-2)29-14-18(17)26)33-20(5-9-30-33)24(31-15)32-10-6-25(7-11-32)13-19-16(23(25)27)4-3-8-28-19/h3-5,8-9,12,14,23H,6-7,10-11,13,27H2,1-2H3/t23-/m1/s1. The van der Waals surface area contributed by atoms with E-state index in [9.17, 15) is 4.39 Å². The first-order valence-electron chi connectivity index (χ1n) is 11.5. The number of hydrogen-bond donors (Lipinski definition) is 1. The second-order valence-corrected chi connectivity index (χ2v) is 9.25. The van der Waals surface area contributed by atoms with E-state index < -0.39 is 5.82 Å². The molecule has 4 aromatic rings. The number of nitrogens with two attached hydrogens (primary N) is 1. The highest BCUT2D eigenvalue weighted by Gasteiger charge is 2.46. The minimum Gasteiger partial charge on any atom is -0.481 e. The van der Waals surface area contributed by atoms with Gasteiger partial charge in [-0.3, -0.25) is 4.98 Å². The fourth-order valence-electron chi connectivity index (χ4n) is 5.63. The van der Waals surface area contributed by atoms with Crippen LogP contribution in [0.2, 0.25) is 0 Å². The van der Waals surface area contributed by atoms with Gasteiger partial charge in [-0.25, -0.2) is 18.9 Å². The molecule has 34 heavy (non-hydrogen) atoms. The number of piperidine rings is 1. The summed E-state index contributed by atoms with van der Waals surface area (Å²) < 4.78 is 21.7. The van der Waals surface area contributed by atoms with Crippen molar-refractivity contribution in [3.8, 4) is 17.1 Å². The van der Waals surface area contributed by atoms with Crippen LogP contribution in [0.25, 0.3) is 16.8 Å². The molecule has 2 aliphatic rings. The van der Waals surface area contributed by atoms with Gasteiger partial charge in [0.05, 0.1) is 30.9 Å². The van der Waals surface area contributed by atoms with Crippen molar-refractivity contribution in [2.75, 3.05) is 25.1 Å². The number of halogens is 1. The van der Waals surface area contributed by atoms with Gasteiger partial charge in [-0.05, 0) is 49.3 Å². The van der Waals surface area contributed by atoms with Crippen molar-refractivity contribution >= 4 is 11.3 Å². The average molecular weight is 460 g/mol. The summed E-state index contributed by atoms with van der Waals surface area (Å²) in [6.45, 7) is 3.56. The van der Waals surface area contributed by atoms with Crippen LogP contribution in [0.4, 0.5) is 10.2 Å². The highest BCUT2D eigenvalue weighted by atomic mass is 19.1. The van der Waals surface area contributed by atoms with E-state index in [0.717, 1.165) is 49.4 Å². The zero-order valence-corrected chi connectivity index (χ0v) is 19.2. The van der Waals surface area contributed by atoms with Crippen LogP contribution >= 0.6 is 0 Å². The van der Waals surface area contributed by atoms with Gasteiger partial charge in [-0.1, -0.05) is 6.07 Å². The van der Waals surface area contributed by atoms with Crippen molar-refractivity contribution in [3.63, 3.8) is 0 Å². The normalized spacial score (nSPS) is 19.1. The molecular formula is C25H26FN7O. The van der Waals surface area contributed by atoms with Crippen LogP contribution in [0.5, 0.6) is 5.88 Å². The third kappa shape index (κ3) is 3.07. The molecule has 8 nitrogen and oxygen atoms in total. The minimum absolute atomic E-state index is 0.00931. The van der Waals surface area contributed by atoms with Crippen molar-refractivity contribution in [3.05, 3.63) is 65.6 Å². The average Bonchev–Trinajstić information content (AvgIpc) is 3.44. The fraction of sp³-hybridized carbons (Fsp3) is 0.360. The summed E-state index contributed by atoms with van der Waals surface area (Å²) in [5, 5.41) is 4.51. The van der Waals surface area contributed by atoms with Crippen LogP contribution in [-0.2, 0) is 6.42 Å². The Morgan fingerprint density at radius 1 is 1.18 bits per heavy atom. The molecule has 0 amide bonds. The Morgan fingerprint density at radius 3 is 2.76 bits per heavy atom. The lowest BCUT2D eigenvalue weighted by Gasteiger charge is -2.42. The van der Waals surface area contributed by atoms with Crippen molar-refractivity contribution < 1.29 is 9.13 Å². The van der Waals surface area contributed by atoms with Crippen LogP contribution in [-0.4, -0.2) is 44.8 Å². The smallest absolute Gasteiger partial charge is 0.213 e. The molecule has 5 heterocycles. The van der Waals surface area contributed by atoms with Gasteiger partial charge in [0.25, 0.3) is 0 Å². The third-order valence-electron chi connectivity index (χ3n) is 7.49. The van der Waals surface area contributed by atoms with Gasteiger partial charge >= 0.3 is 0 Å². The Balaban J connectivity index is 1.34. The lowest BCUT2D eigenvalue weighted by Crippen LogP contribution is -2.44. The van der Waals surface area contributed by atoms with E-state index in [0.29, 0.717) is 22.8 Å². The van der Waals surface area contributed by atoms with E-state index in [4.69, 9.17) is 15.5 Å². The van der Waals surface area contributed by atoms with Crippen LogP contribution < -0.4 is 15.4 Å². The molecule has 1 fully saturated rings. The summed E-state index contributed by atoms with van der Waals surface area (Å²) in [6, 6.07) is 7.60. The second kappa shape index (κ2) is 7.73. The maximum Gasteiger partial charge on any atom is 0.213 e. The quantitative estimate of drug-likeness (QED) is 0.501. The zero-order chi connectivity index (χ0) is 23.4. The number of hydrogen-bond acceptors (Lipinski definition) is 7. The topological polar surface area (TPSA) is 94.5 Å². The molecule has 0 aromatic carbocycles. The summed E-state index contributed by atoms with van der Waals surface area (Å²) in [5.74, 6) is 0.751. The number of aromatic nitrogens is 5. The summed E-state index contributed by atoms with van der Waals surface area (Å²) in [4.78, 5) is 15.8. The number of aryl methyl sites for hydroxylation is 1. The third-order valence-corrected chi connectivity index (χ3v) is 7.49. The van der Waals surface area contributed by atoms with Gasteiger partial charge in [-0.15, -0.1) is 0 Å². The molecule has 0 bridgehead atoms. The second-order valence-electron chi connectivity index (χ2n) is 9.25. The molecule has 2 N–H and O–H groups in total. The minimum atomic E-state index is -0.446. The molecular weight excluding hydrogens is 433 g/mol. The van der Waals surface area contributed by atoms with Crippen molar-refractivity contribution in [1.29, 1.82) is 0 Å². The Bertz CT molecular complexity index is 1390. The monoisotopic (exact) mass is 459 g/mol. The Kier molecular flexibility index (Phi) is 4.77. The maximum absolute atomic E-state index is 14.8. The molecule has 1 aliphatic carbocycles. The van der Waals surface area contributed by atoms with Gasteiger partial charge in [0.15, 0.2) is 11.6 Å². The first-order chi connectivity index (χ1) is 16.5. The molecule has 0 saturated carbocycles. The van der Waals surface area contributed by atoms with Crippen LogP contribution in [0, 0.1) is 18.2 Å². The number of ether oxygens (including phenoxy) is 1. The number of anilines is 1. The highest BCUT2D eigenvalue weighted by molar-refractivity contribution is 5.76. The van der Waals surface area contributed by atoms with E-state index in [1.165, 1.54) is 18.9 Å². The predicted molar refractivity (Wildman–Crippen MR) is 126 cm³/mol. The summed E-state index contributed by atoms with van der Waals surface area (Å²) in [7, 11) is 1.51. The molecule has 6 rings (SSSR count). The number of fused-ring (bicyclic) bond motifs is 2. The molecule has 9 heteroatoms. The van der Waals surface area contributed by atoms with Crippen molar-refractivity contribution in [2.45, 2.75) is 32.2 Å². The van der Waals surface area contributed by atoms with Crippen molar-refractivity contribution in [2.24, 2.45) is 11.1 Å². The van der Waals surface area contributed by atoms with Crippen LogP contribution in [0.3, 0.4) is 0 Å². The number of nitrogens with zero attached hydrogens (tertiary/aromatic N) is 6. The summed E-state index contributed by atoms with van der Waals surface area (Å²) in [6.07, 6.45) is 7.59. The van der Waals surface area contributed by atoms with Gasteiger partial charge in [0.1, 0.15) is 5.52 Å². The van der Waals surface area contributed by atoms with E-state index in [2.05, 4.69) is 26.0 Å². The van der Waals surface area contributed by atoms with Gasteiger partial charge in [0, 0.05) is 42.7 Å². The summed E-state index contributed by atoms with van der Waals surface area (Å²) in [5.41, 5.74) is 11.6. The molecule has 0 unspecified atom stereocenters. The largest absolute Gasteiger partial charge is 0.481 e. The van der Waals surface area contributed by atoms with Gasteiger partial charge < -0.3 is 15.4 Å². The predicted octanol–water partition coefficient (Wildman–Crippen LogP) is 3.49. The van der Waals surface area contributed by atoms with Gasteiger partial charge in [0.2, 0.25) is 5.88 Å². The molecule has 1 spiro atoms. The van der Waals surface area contributed by atoms with Crippen LogP contribution in [0.1, 0.15) is 35.8 Å². The molecule has 174 valence electrons. The summed E-state index contributed by atoms with van der Waals surface area (Å²) >= 11 is 0. The maximum atomic E-state index is 14.8. The molecule has 1 aliphatic heterocycles. The van der Waals surface area contributed by atoms with Gasteiger partial charge in [-0.2, -0.15) is 5.10 Å². The highest BCUT2D eigenvalue weighted by Crippen LogP contribution is 2.50.